The first-order chi connectivity index (χ1) is 11.5. The van der Waals surface area contributed by atoms with Crippen molar-refractivity contribution in [3.8, 4) is 5.75 Å². The lowest BCUT2D eigenvalue weighted by Gasteiger charge is -2.09. The van der Waals surface area contributed by atoms with E-state index in [0.29, 0.717) is 35.0 Å². The summed E-state index contributed by atoms with van der Waals surface area (Å²) >= 11 is 0. The summed E-state index contributed by atoms with van der Waals surface area (Å²) in [5.74, 6) is 0.770. The molecular formula is C19H22N2O3. The van der Waals surface area contributed by atoms with Gasteiger partial charge in [0.1, 0.15) is 5.75 Å². The molecule has 2 rings (SSSR count). The minimum atomic E-state index is -0.213. The number of rotatable bonds is 6. The lowest BCUT2D eigenvalue weighted by Crippen LogP contribution is -2.27. The van der Waals surface area contributed by atoms with Gasteiger partial charge in [-0.25, -0.2) is 0 Å². The van der Waals surface area contributed by atoms with Gasteiger partial charge in [-0.05, 0) is 54.4 Å². The molecule has 0 aliphatic carbocycles. The van der Waals surface area contributed by atoms with Crippen LogP contribution in [-0.4, -0.2) is 25.5 Å². The molecule has 2 aromatic carbocycles. The SMILES string of the molecule is COc1ccc(C(=O)Nc2ccc(C(=O)NCC(C)C)cc2)cc1. The van der Waals surface area contributed by atoms with Crippen LogP contribution in [0.5, 0.6) is 5.75 Å². The molecule has 0 aliphatic heterocycles. The van der Waals surface area contributed by atoms with Crippen LogP contribution in [0.15, 0.2) is 48.5 Å². The quantitative estimate of drug-likeness (QED) is 0.855. The molecule has 0 radical (unpaired) electrons. The predicted octanol–water partition coefficient (Wildman–Crippen LogP) is 3.33. The number of methoxy groups -OCH3 is 1. The zero-order valence-electron chi connectivity index (χ0n) is 14.1. The van der Waals surface area contributed by atoms with Gasteiger partial charge in [-0.2, -0.15) is 0 Å². The molecule has 0 atom stereocenters. The Morgan fingerprint density at radius 2 is 1.46 bits per heavy atom. The van der Waals surface area contributed by atoms with Crippen molar-refractivity contribution in [1.29, 1.82) is 0 Å². The Morgan fingerprint density at radius 3 is 2.00 bits per heavy atom. The van der Waals surface area contributed by atoms with E-state index in [0.717, 1.165) is 0 Å². The van der Waals surface area contributed by atoms with Crippen molar-refractivity contribution in [2.45, 2.75) is 13.8 Å². The minimum Gasteiger partial charge on any atom is -0.497 e. The van der Waals surface area contributed by atoms with Crippen LogP contribution < -0.4 is 15.4 Å². The lowest BCUT2D eigenvalue weighted by atomic mass is 10.1. The van der Waals surface area contributed by atoms with Crippen LogP contribution in [0.1, 0.15) is 34.6 Å². The molecule has 0 unspecified atom stereocenters. The Bertz CT molecular complexity index is 692. The van der Waals surface area contributed by atoms with E-state index < -0.39 is 0 Å². The second kappa shape index (κ2) is 8.15. The van der Waals surface area contributed by atoms with Crippen LogP contribution in [0, 0.1) is 5.92 Å². The molecule has 2 aromatic rings. The third-order valence-electron chi connectivity index (χ3n) is 3.43. The Labute approximate surface area is 142 Å². The highest BCUT2D eigenvalue weighted by atomic mass is 16.5. The van der Waals surface area contributed by atoms with Crippen molar-refractivity contribution in [2.75, 3.05) is 19.0 Å². The lowest BCUT2D eigenvalue weighted by molar-refractivity contribution is 0.0948. The van der Waals surface area contributed by atoms with E-state index in [1.54, 1.807) is 55.6 Å². The summed E-state index contributed by atoms with van der Waals surface area (Å²) in [6.07, 6.45) is 0. The zero-order chi connectivity index (χ0) is 17.5. The number of ether oxygens (including phenoxy) is 1. The smallest absolute Gasteiger partial charge is 0.255 e. The normalized spacial score (nSPS) is 10.3. The van der Waals surface area contributed by atoms with Gasteiger partial charge in [-0.1, -0.05) is 13.8 Å². The average Bonchev–Trinajstić information content (AvgIpc) is 2.60. The van der Waals surface area contributed by atoms with Gasteiger partial charge in [0.2, 0.25) is 0 Å². The molecule has 5 heteroatoms. The van der Waals surface area contributed by atoms with Crippen LogP contribution in [-0.2, 0) is 0 Å². The van der Waals surface area contributed by atoms with Crippen molar-refractivity contribution in [1.82, 2.24) is 5.32 Å². The molecule has 2 N–H and O–H groups in total. The molecule has 0 saturated heterocycles. The first kappa shape index (κ1) is 17.5. The summed E-state index contributed by atoms with van der Waals surface area (Å²) in [6, 6.07) is 13.7. The monoisotopic (exact) mass is 326 g/mol. The van der Waals surface area contributed by atoms with E-state index in [-0.39, 0.29) is 11.8 Å². The predicted molar refractivity (Wildman–Crippen MR) is 94.6 cm³/mol. The summed E-state index contributed by atoms with van der Waals surface area (Å²) in [4.78, 5) is 24.1. The van der Waals surface area contributed by atoms with Crippen molar-refractivity contribution < 1.29 is 14.3 Å². The number of carbonyl (C=O) groups excluding carboxylic acids is 2. The fourth-order valence-corrected chi connectivity index (χ4v) is 2.05. The maximum Gasteiger partial charge on any atom is 0.255 e. The van der Waals surface area contributed by atoms with Crippen LogP contribution >= 0.6 is 0 Å². The summed E-state index contributed by atoms with van der Waals surface area (Å²) < 4.78 is 5.07. The highest BCUT2D eigenvalue weighted by Gasteiger charge is 2.08. The largest absolute Gasteiger partial charge is 0.497 e. The summed E-state index contributed by atoms with van der Waals surface area (Å²) in [5, 5.41) is 5.66. The maximum absolute atomic E-state index is 12.2. The van der Waals surface area contributed by atoms with Crippen LogP contribution in [0.25, 0.3) is 0 Å². The molecule has 0 aromatic heterocycles. The first-order valence-electron chi connectivity index (χ1n) is 7.83. The third kappa shape index (κ3) is 4.84. The van der Waals surface area contributed by atoms with Gasteiger partial charge >= 0.3 is 0 Å². The van der Waals surface area contributed by atoms with Crippen LogP contribution in [0.2, 0.25) is 0 Å². The summed E-state index contributed by atoms with van der Waals surface area (Å²) in [7, 11) is 1.58. The van der Waals surface area contributed by atoms with Crippen molar-refractivity contribution in [3.63, 3.8) is 0 Å². The van der Waals surface area contributed by atoms with Gasteiger partial charge in [0.15, 0.2) is 0 Å². The molecule has 0 saturated carbocycles. The first-order valence-corrected chi connectivity index (χ1v) is 7.83. The van der Waals surface area contributed by atoms with Gasteiger partial charge in [-0.3, -0.25) is 9.59 Å². The van der Waals surface area contributed by atoms with E-state index in [4.69, 9.17) is 4.74 Å². The second-order valence-corrected chi connectivity index (χ2v) is 5.86. The Morgan fingerprint density at radius 1 is 0.917 bits per heavy atom. The van der Waals surface area contributed by atoms with E-state index in [1.165, 1.54) is 0 Å². The molecule has 24 heavy (non-hydrogen) atoms. The fourth-order valence-electron chi connectivity index (χ4n) is 2.05. The van der Waals surface area contributed by atoms with Gasteiger partial charge in [0.25, 0.3) is 11.8 Å². The van der Waals surface area contributed by atoms with Gasteiger partial charge in [0, 0.05) is 23.4 Å². The number of carbonyl (C=O) groups is 2. The van der Waals surface area contributed by atoms with E-state index in [9.17, 15) is 9.59 Å². The van der Waals surface area contributed by atoms with E-state index >= 15 is 0 Å². The van der Waals surface area contributed by atoms with Gasteiger partial charge < -0.3 is 15.4 Å². The molecule has 126 valence electrons. The second-order valence-electron chi connectivity index (χ2n) is 5.86. The van der Waals surface area contributed by atoms with Crippen LogP contribution in [0.4, 0.5) is 5.69 Å². The Balaban J connectivity index is 1.97. The molecule has 5 nitrogen and oxygen atoms in total. The number of benzene rings is 2. The van der Waals surface area contributed by atoms with Crippen molar-refractivity contribution in [2.24, 2.45) is 5.92 Å². The van der Waals surface area contributed by atoms with Gasteiger partial charge in [0.05, 0.1) is 7.11 Å². The average molecular weight is 326 g/mol. The molecular weight excluding hydrogens is 304 g/mol. The number of hydrogen-bond donors (Lipinski definition) is 2. The van der Waals surface area contributed by atoms with Crippen molar-refractivity contribution in [3.05, 3.63) is 59.7 Å². The molecule has 0 spiro atoms. The summed E-state index contributed by atoms with van der Waals surface area (Å²) in [5.41, 5.74) is 1.74. The summed E-state index contributed by atoms with van der Waals surface area (Å²) in [6.45, 7) is 4.71. The molecule has 0 fully saturated rings. The van der Waals surface area contributed by atoms with Crippen molar-refractivity contribution >= 4 is 17.5 Å². The minimum absolute atomic E-state index is 0.114. The topological polar surface area (TPSA) is 67.4 Å². The Hall–Kier alpha value is -2.82. The van der Waals surface area contributed by atoms with E-state index in [2.05, 4.69) is 10.6 Å². The number of amides is 2. The number of anilines is 1. The van der Waals surface area contributed by atoms with Crippen LogP contribution in [0.3, 0.4) is 0 Å². The maximum atomic E-state index is 12.2. The molecule has 0 bridgehead atoms. The highest BCUT2D eigenvalue weighted by molar-refractivity contribution is 6.04. The third-order valence-corrected chi connectivity index (χ3v) is 3.43. The van der Waals surface area contributed by atoms with E-state index in [1.807, 2.05) is 13.8 Å². The van der Waals surface area contributed by atoms with Gasteiger partial charge in [-0.15, -0.1) is 0 Å². The molecule has 0 aliphatic rings. The number of nitrogens with one attached hydrogen (secondary N) is 2. The Kier molecular flexibility index (Phi) is 5.95. The standard InChI is InChI=1S/C19H22N2O3/c1-13(2)12-20-18(22)14-4-8-16(9-5-14)21-19(23)15-6-10-17(24-3)11-7-15/h4-11,13H,12H2,1-3H3,(H,20,22)(H,21,23). The zero-order valence-corrected chi connectivity index (χ0v) is 14.1. The number of hydrogen-bond acceptors (Lipinski definition) is 3. The highest BCUT2D eigenvalue weighted by Crippen LogP contribution is 2.14. The molecule has 2 amide bonds. The fraction of sp³-hybridized carbons (Fsp3) is 0.263. The molecule has 0 heterocycles.